The van der Waals surface area contributed by atoms with E-state index in [1.807, 2.05) is 36.4 Å². The van der Waals surface area contributed by atoms with Crippen LogP contribution in [0.4, 0.5) is 5.69 Å². The molecule has 11 heteroatoms. The Morgan fingerprint density at radius 1 is 0.853 bits per heavy atom. The zero-order chi connectivity index (χ0) is 24.5. The van der Waals surface area contributed by atoms with Gasteiger partial charge in [-0.3, -0.25) is 9.36 Å². The molecular formula is C23H21N3O5S3. The molecule has 1 aromatic heterocycles. The molecule has 8 nitrogen and oxygen atoms in total. The molecule has 0 bridgehead atoms. The van der Waals surface area contributed by atoms with Crippen molar-refractivity contribution in [1.29, 1.82) is 0 Å². The molecule has 0 atom stereocenters. The number of nitrogens with zero attached hydrogens (tertiary/aromatic N) is 3. The summed E-state index contributed by atoms with van der Waals surface area (Å²) >= 11 is 1.39. The number of thioether (sulfide) groups is 1. The Morgan fingerprint density at radius 2 is 1.44 bits per heavy atom. The number of hydrogen-bond donors (Lipinski definition) is 0. The average Bonchev–Trinajstić information content (AvgIpc) is 2.77. The summed E-state index contributed by atoms with van der Waals surface area (Å²) in [5, 5.41) is 0.561. The number of benzene rings is 3. The van der Waals surface area contributed by atoms with Crippen molar-refractivity contribution in [2.45, 2.75) is 10.9 Å². The van der Waals surface area contributed by atoms with Crippen LogP contribution in [-0.4, -0.2) is 38.9 Å². The first kappa shape index (κ1) is 24.0. The number of hydrogen-bond acceptors (Lipinski definition) is 7. The van der Waals surface area contributed by atoms with Gasteiger partial charge in [0.25, 0.3) is 5.56 Å². The molecule has 0 radical (unpaired) electrons. The molecule has 4 aromatic rings. The molecule has 1 heterocycles. The predicted octanol–water partition coefficient (Wildman–Crippen LogP) is 3.40. The van der Waals surface area contributed by atoms with Crippen molar-refractivity contribution >= 4 is 48.4 Å². The topological polar surface area (TPSA) is 106 Å². The average molecular weight is 516 g/mol. The number of sulfonamides is 2. The summed E-state index contributed by atoms with van der Waals surface area (Å²) in [7, 11) is -8.31. The molecule has 0 fully saturated rings. The standard InChI is InChI=1S/C23H21N3O5S3/c1-33(28,29)26(34(2,30)31)19-13-14-21-20(15-19)22(27)25(18-11-7-4-8-12-18)23(24-21)32-16-17-9-5-3-6-10-17/h3-15H,16H2,1-2H3. The van der Waals surface area contributed by atoms with Crippen LogP contribution in [0.2, 0.25) is 0 Å². The largest absolute Gasteiger partial charge is 0.268 e. The number of fused-ring (bicyclic) bond motifs is 1. The molecule has 176 valence electrons. The molecule has 0 spiro atoms. The molecule has 34 heavy (non-hydrogen) atoms. The van der Waals surface area contributed by atoms with E-state index in [0.29, 0.717) is 25.8 Å². The van der Waals surface area contributed by atoms with E-state index in [9.17, 15) is 21.6 Å². The maximum Gasteiger partial charge on any atom is 0.266 e. The molecule has 0 unspecified atom stereocenters. The monoisotopic (exact) mass is 515 g/mol. The Labute approximate surface area is 202 Å². The summed E-state index contributed by atoms with van der Waals surface area (Å²) in [4.78, 5) is 18.3. The van der Waals surface area contributed by atoms with Gasteiger partial charge in [0, 0.05) is 5.75 Å². The van der Waals surface area contributed by atoms with Crippen LogP contribution in [0.1, 0.15) is 5.56 Å². The van der Waals surface area contributed by atoms with Gasteiger partial charge in [-0.25, -0.2) is 21.8 Å². The van der Waals surface area contributed by atoms with E-state index < -0.39 is 25.6 Å². The van der Waals surface area contributed by atoms with Gasteiger partial charge in [0.2, 0.25) is 20.0 Å². The first-order valence-corrected chi connectivity index (χ1v) is 14.7. The Balaban J connectivity index is 1.92. The summed E-state index contributed by atoms with van der Waals surface area (Å²) in [5.74, 6) is 0.583. The van der Waals surface area contributed by atoms with Crippen LogP contribution in [0.5, 0.6) is 0 Å². The molecule has 0 saturated carbocycles. The Hall–Kier alpha value is -3.15. The lowest BCUT2D eigenvalue weighted by Crippen LogP contribution is -2.35. The van der Waals surface area contributed by atoms with E-state index >= 15 is 0 Å². The minimum absolute atomic E-state index is 0.0997. The summed E-state index contributed by atoms with van der Waals surface area (Å²) in [6.07, 6.45) is 1.59. The van der Waals surface area contributed by atoms with Crippen molar-refractivity contribution < 1.29 is 16.8 Å². The predicted molar refractivity (Wildman–Crippen MR) is 136 cm³/mol. The van der Waals surface area contributed by atoms with E-state index in [4.69, 9.17) is 0 Å². The molecular weight excluding hydrogens is 494 g/mol. The smallest absolute Gasteiger partial charge is 0.266 e. The third-order valence-corrected chi connectivity index (χ3v) is 9.12. The molecule has 0 saturated heterocycles. The van der Waals surface area contributed by atoms with Crippen molar-refractivity contribution in [2.75, 3.05) is 16.2 Å². The van der Waals surface area contributed by atoms with Crippen LogP contribution in [0, 0.1) is 0 Å². The summed E-state index contributed by atoms with van der Waals surface area (Å²) < 4.78 is 50.6. The highest BCUT2D eigenvalue weighted by atomic mass is 32.3. The van der Waals surface area contributed by atoms with E-state index in [-0.39, 0.29) is 11.1 Å². The van der Waals surface area contributed by atoms with Crippen molar-refractivity contribution in [3.05, 3.63) is 94.8 Å². The zero-order valence-electron chi connectivity index (χ0n) is 18.3. The Bertz CT molecular complexity index is 1590. The van der Waals surface area contributed by atoms with Crippen LogP contribution in [0.25, 0.3) is 16.6 Å². The number of anilines is 1. The summed E-state index contributed by atoms with van der Waals surface area (Å²) in [6, 6.07) is 22.7. The zero-order valence-corrected chi connectivity index (χ0v) is 20.8. The summed E-state index contributed by atoms with van der Waals surface area (Å²) in [6.45, 7) is 0. The fraction of sp³-hybridized carbons (Fsp3) is 0.130. The minimum atomic E-state index is -4.15. The molecule has 0 amide bonds. The van der Waals surface area contributed by atoms with Crippen LogP contribution in [-0.2, 0) is 25.8 Å². The van der Waals surface area contributed by atoms with Gasteiger partial charge in [-0.2, -0.15) is 3.71 Å². The van der Waals surface area contributed by atoms with E-state index in [2.05, 4.69) is 4.98 Å². The molecule has 0 aliphatic rings. The molecule has 0 aliphatic heterocycles. The van der Waals surface area contributed by atoms with E-state index in [0.717, 1.165) is 18.1 Å². The molecule has 0 aliphatic carbocycles. The van der Waals surface area contributed by atoms with Gasteiger partial charge >= 0.3 is 0 Å². The highest BCUT2D eigenvalue weighted by molar-refractivity contribution is 8.09. The normalized spacial score (nSPS) is 12.1. The van der Waals surface area contributed by atoms with Crippen LogP contribution >= 0.6 is 11.8 Å². The first-order valence-electron chi connectivity index (χ1n) is 10.0. The number of para-hydroxylation sites is 1. The van der Waals surface area contributed by atoms with Crippen molar-refractivity contribution in [1.82, 2.24) is 9.55 Å². The molecule has 0 N–H and O–H groups in total. The Kier molecular flexibility index (Phi) is 6.52. The first-order chi connectivity index (χ1) is 16.1. The maximum atomic E-state index is 13.6. The molecule has 3 aromatic carbocycles. The second kappa shape index (κ2) is 9.24. The highest BCUT2D eigenvalue weighted by Gasteiger charge is 2.28. The second-order valence-electron chi connectivity index (χ2n) is 7.57. The van der Waals surface area contributed by atoms with E-state index in [1.165, 1.54) is 34.5 Å². The maximum absolute atomic E-state index is 13.6. The quantitative estimate of drug-likeness (QED) is 0.274. The van der Waals surface area contributed by atoms with Gasteiger partial charge in [0.15, 0.2) is 5.16 Å². The summed E-state index contributed by atoms with van der Waals surface area (Å²) in [5.41, 5.74) is 1.40. The third kappa shape index (κ3) is 5.01. The minimum Gasteiger partial charge on any atom is -0.268 e. The van der Waals surface area contributed by atoms with Gasteiger partial charge in [-0.05, 0) is 35.9 Å². The number of aromatic nitrogens is 2. The lowest BCUT2D eigenvalue weighted by atomic mass is 10.2. The fourth-order valence-electron chi connectivity index (χ4n) is 3.52. The lowest BCUT2D eigenvalue weighted by Gasteiger charge is -2.20. The molecule has 4 rings (SSSR count). The highest BCUT2D eigenvalue weighted by Crippen LogP contribution is 2.28. The third-order valence-electron chi connectivity index (χ3n) is 4.86. The second-order valence-corrected chi connectivity index (χ2v) is 12.4. The SMILES string of the molecule is CS(=O)(=O)N(c1ccc2nc(SCc3ccccc3)n(-c3ccccc3)c(=O)c2c1)S(C)(=O)=O. The number of rotatable bonds is 7. The van der Waals surface area contributed by atoms with Gasteiger partial charge in [-0.15, -0.1) is 0 Å². The van der Waals surface area contributed by atoms with Gasteiger partial charge in [0.1, 0.15) is 0 Å². The van der Waals surface area contributed by atoms with Gasteiger partial charge in [-0.1, -0.05) is 60.3 Å². The van der Waals surface area contributed by atoms with E-state index in [1.54, 1.807) is 24.3 Å². The van der Waals surface area contributed by atoms with Crippen molar-refractivity contribution in [3.63, 3.8) is 0 Å². The van der Waals surface area contributed by atoms with Crippen LogP contribution in [0.15, 0.2) is 88.8 Å². The fourth-order valence-corrected chi connectivity index (χ4v) is 7.45. The van der Waals surface area contributed by atoms with Gasteiger partial charge in [0.05, 0.1) is 34.8 Å². The van der Waals surface area contributed by atoms with Gasteiger partial charge < -0.3 is 0 Å². The van der Waals surface area contributed by atoms with Crippen LogP contribution < -0.4 is 9.27 Å². The van der Waals surface area contributed by atoms with Crippen molar-refractivity contribution in [2.24, 2.45) is 0 Å². The van der Waals surface area contributed by atoms with Crippen molar-refractivity contribution in [3.8, 4) is 5.69 Å². The van der Waals surface area contributed by atoms with Crippen LogP contribution in [0.3, 0.4) is 0 Å². The Morgan fingerprint density at radius 3 is 2.03 bits per heavy atom. The lowest BCUT2D eigenvalue weighted by molar-refractivity contribution is 0.590.